The zero-order valence-electron chi connectivity index (χ0n) is 15.7. The monoisotopic (exact) mass is 397 g/mol. The highest BCUT2D eigenvalue weighted by atomic mass is 32.2. The Kier molecular flexibility index (Phi) is 5.15. The van der Waals surface area contributed by atoms with Crippen molar-refractivity contribution < 1.29 is 8.42 Å². The number of hydrogen-bond acceptors (Lipinski definition) is 5. The van der Waals surface area contributed by atoms with Crippen molar-refractivity contribution in [1.29, 1.82) is 0 Å². The Bertz CT molecular complexity index is 1030. The number of hydrogen-bond donors (Lipinski definition) is 1. The number of nitrogens with one attached hydrogen (secondary N) is 1. The van der Waals surface area contributed by atoms with Crippen LogP contribution in [0.2, 0.25) is 0 Å². The molecule has 146 valence electrons. The van der Waals surface area contributed by atoms with Gasteiger partial charge in [-0.25, -0.2) is 8.42 Å². The van der Waals surface area contributed by atoms with Crippen molar-refractivity contribution in [3.8, 4) is 11.4 Å². The summed E-state index contributed by atoms with van der Waals surface area (Å²) in [5.74, 6) is 0.815. The zero-order valence-corrected chi connectivity index (χ0v) is 16.6. The highest BCUT2D eigenvalue weighted by Gasteiger charge is 2.27. The van der Waals surface area contributed by atoms with Crippen molar-refractivity contribution in [2.45, 2.75) is 18.2 Å². The minimum absolute atomic E-state index is 0.351. The van der Waals surface area contributed by atoms with Gasteiger partial charge in [0.25, 0.3) is 0 Å². The highest BCUT2D eigenvalue weighted by molar-refractivity contribution is 7.89. The topological polar surface area (TPSA) is 82.2 Å². The summed E-state index contributed by atoms with van der Waals surface area (Å²) >= 11 is 0. The Morgan fingerprint density at radius 1 is 1.00 bits per heavy atom. The number of nitrogens with zero attached hydrogens (tertiary/aromatic N) is 4. The normalized spacial score (nSPS) is 16.1. The molecule has 8 heteroatoms. The van der Waals surface area contributed by atoms with E-state index < -0.39 is 10.0 Å². The number of rotatable bonds is 4. The molecule has 0 saturated carbocycles. The van der Waals surface area contributed by atoms with E-state index in [1.807, 2.05) is 43.3 Å². The standard InChI is InChI=1S/C20H23N5O2S/c1-16-6-8-17(9-7-16)28(26,27)25-12-4-11-24(13-14-25)20-15-19(22-23-20)18-5-2-3-10-21-18/h2-3,5-10,15H,4,11-14H2,1H3,(H,22,23). The van der Waals surface area contributed by atoms with E-state index in [9.17, 15) is 8.42 Å². The summed E-state index contributed by atoms with van der Waals surface area (Å²) in [5, 5.41) is 7.43. The van der Waals surface area contributed by atoms with E-state index in [-0.39, 0.29) is 0 Å². The molecule has 0 aliphatic carbocycles. The molecule has 2 aromatic heterocycles. The quantitative estimate of drug-likeness (QED) is 0.732. The number of anilines is 1. The number of H-pyrrole nitrogens is 1. The van der Waals surface area contributed by atoms with Crippen molar-refractivity contribution in [3.05, 3.63) is 60.3 Å². The molecule has 0 amide bonds. The average Bonchev–Trinajstić information content (AvgIpc) is 3.06. The van der Waals surface area contributed by atoms with Gasteiger partial charge in [-0.1, -0.05) is 23.8 Å². The Balaban J connectivity index is 1.48. The maximum absolute atomic E-state index is 13.0. The van der Waals surface area contributed by atoms with Gasteiger partial charge in [0.15, 0.2) is 5.82 Å². The van der Waals surface area contributed by atoms with Crippen molar-refractivity contribution in [3.63, 3.8) is 0 Å². The van der Waals surface area contributed by atoms with Gasteiger partial charge in [0, 0.05) is 38.4 Å². The number of sulfonamides is 1. The third kappa shape index (κ3) is 3.79. The number of aryl methyl sites for hydroxylation is 1. The van der Waals surface area contributed by atoms with Crippen molar-refractivity contribution >= 4 is 15.8 Å². The van der Waals surface area contributed by atoms with Gasteiger partial charge >= 0.3 is 0 Å². The second-order valence-electron chi connectivity index (χ2n) is 6.91. The van der Waals surface area contributed by atoms with Crippen molar-refractivity contribution in [2.24, 2.45) is 0 Å². The van der Waals surface area contributed by atoms with Crippen LogP contribution in [0.5, 0.6) is 0 Å². The Hall–Kier alpha value is -2.71. The van der Waals surface area contributed by atoms with Crippen LogP contribution in [0.4, 0.5) is 5.82 Å². The van der Waals surface area contributed by atoms with E-state index >= 15 is 0 Å². The van der Waals surface area contributed by atoms with Crippen LogP contribution in [-0.2, 0) is 10.0 Å². The molecule has 7 nitrogen and oxygen atoms in total. The van der Waals surface area contributed by atoms with Crippen LogP contribution in [0.25, 0.3) is 11.4 Å². The number of pyridine rings is 1. The SMILES string of the molecule is Cc1ccc(S(=O)(=O)N2CCCN(c3cc(-c4ccccn4)[nH]n3)CC2)cc1. The largest absolute Gasteiger partial charge is 0.354 e. The summed E-state index contributed by atoms with van der Waals surface area (Å²) in [4.78, 5) is 6.80. The highest BCUT2D eigenvalue weighted by Crippen LogP contribution is 2.23. The second-order valence-corrected chi connectivity index (χ2v) is 8.85. The molecule has 0 unspecified atom stereocenters. The fourth-order valence-electron chi connectivity index (χ4n) is 3.35. The molecule has 1 saturated heterocycles. The minimum atomic E-state index is -3.48. The van der Waals surface area contributed by atoms with Gasteiger partial charge in [0.05, 0.1) is 16.3 Å². The lowest BCUT2D eigenvalue weighted by molar-refractivity contribution is 0.433. The second kappa shape index (κ2) is 7.73. The molecular weight excluding hydrogens is 374 g/mol. The first-order valence-electron chi connectivity index (χ1n) is 9.32. The summed E-state index contributed by atoms with van der Waals surface area (Å²) in [7, 11) is -3.48. The third-order valence-corrected chi connectivity index (χ3v) is 6.86. The fraction of sp³-hybridized carbons (Fsp3) is 0.300. The van der Waals surface area contributed by atoms with Gasteiger partial charge < -0.3 is 4.90 Å². The third-order valence-electron chi connectivity index (χ3n) is 4.94. The molecule has 0 bridgehead atoms. The summed E-state index contributed by atoms with van der Waals surface area (Å²) in [6, 6.07) is 14.7. The van der Waals surface area contributed by atoms with E-state index in [4.69, 9.17) is 0 Å². The van der Waals surface area contributed by atoms with E-state index in [0.29, 0.717) is 24.5 Å². The van der Waals surface area contributed by atoms with Gasteiger partial charge in [0.2, 0.25) is 10.0 Å². The first-order valence-corrected chi connectivity index (χ1v) is 10.8. The van der Waals surface area contributed by atoms with E-state index in [1.165, 1.54) is 0 Å². The smallest absolute Gasteiger partial charge is 0.243 e. The fourth-order valence-corrected chi connectivity index (χ4v) is 4.82. The van der Waals surface area contributed by atoms with Crippen LogP contribution in [-0.4, -0.2) is 54.1 Å². The first-order chi connectivity index (χ1) is 13.5. The lowest BCUT2D eigenvalue weighted by Gasteiger charge is -2.21. The molecule has 4 rings (SSSR count). The molecule has 1 fully saturated rings. The summed E-state index contributed by atoms with van der Waals surface area (Å²) in [6.07, 6.45) is 2.49. The maximum atomic E-state index is 13.0. The minimum Gasteiger partial charge on any atom is -0.354 e. The molecule has 1 N–H and O–H groups in total. The van der Waals surface area contributed by atoms with Crippen molar-refractivity contribution in [1.82, 2.24) is 19.5 Å². The van der Waals surface area contributed by atoms with Crippen LogP contribution in [0, 0.1) is 6.92 Å². The van der Waals surface area contributed by atoms with Gasteiger partial charge in [-0.15, -0.1) is 0 Å². The Morgan fingerprint density at radius 3 is 2.57 bits per heavy atom. The summed E-state index contributed by atoms with van der Waals surface area (Å²) in [5.41, 5.74) is 2.73. The van der Waals surface area contributed by atoms with Crippen LogP contribution >= 0.6 is 0 Å². The maximum Gasteiger partial charge on any atom is 0.243 e. The molecule has 0 spiro atoms. The van der Waals surface area contributed by atoms with Gasteiger partial charge in [0.1, 0.15) is 0 Å². The predicted molar refractivity (Wildman–Crippen MR) is 109 cm³/mol. The Labute approximate surface area is 165 Å². The molecule has 1 aliphatic rings. The molecule has 1 aromatic carbocycles. The molecule has 3 aromatic rings. The summed E-state index contributed by atoms with van der Waals surface area (Å²) in [6.45, 7) is 4.24. The zero-order chi connectivity index (χ0) is 19.6. The summed E-state index contributed by atoms with van der Waals surface area (Å²) < 4.78 is 27.5. The number of aromatic amines is 1. The molecule has 1 aliphatic heterocycles. The molecule has 0 atom stereocenters. The predicted octanol–water partition coefficient (Wildman–Crippen LogP) is 2.68. The number of aromatic nitrogens is 3. The lowest BCUT2D eigenvalue weighted by Crippen LogP contribution is -2.35. The molecule has 3 heterocycles. The van der Waals surface area contributed by atoms with Gasteiger partial charge in [-0.3, -0.25) is 10.1 Å². The van der Waals surface area contributed by atoms with Gasteiger partial charge in [-0.05, 0) is 37.6 Å². The first kappa shape index (κ1) is 18.6. The van der Waals surface area contributed by atoms with E-state index in [2.05, 4.69) is 20.1 Å². The van der Waals surface area contributed by atoms with E-state index in [0.717, 1.165) is 35.7 Å². The molecular formula is C20H23N5O2S. The van der Waals surface area contributed by atoms with Crippen LogP contribution in [0.3, 0.4) is 0 Å². The van der Waals surface area contributed by atoms with Crippen LogP contribution < -0.4 is 4.90 Å². The Morgan fingerprint density at radius 2 is 1.82 bits per heavy atom. The van der Waals surface area contributed by atoms with Crippen LogP contribution in [0.1, 0.15) is 12.0 Å². The van der Waals surface area contributed by atoms with Crippen LogP contribution in [0.15, 0.2) is 59.6 Å². The molecule has 0 radical (unpaired) electrons. The average molecular weight is 398 g/mol. The lowest BCUT2D eigenvalue weighted by atomic mass is 10.2. The molecule has 28 heavy (non-hydrogen) atoms. The van der Waals surface area contributed by atoms with E-state index in [1.54, 1.807) is 22.6 Å². The number of benzene rings is 1. The van der Waals surface area contributed by atoms with Gasteiger partial charge in [-0.2, -0.15) is 9.40 Å². The van der Waals surface area contributed by atoms with Crippen molar-refractivity contribution in [2.75, 3.05) is 31.1 Å².